The third-order valence-corrected chi connectivity index (χ3v) is 1.10. The molecule has 0 radical (unpaired) electrons. The van der Waals surface area contributed by atoms with E-state index in [1.165, 1.54) is 0 Å². The summed E-state index contributed by atoms with van der Waals surface area (Å²) >= 11 is 5.10. The Morgan fingerprint density at radius 2 is 2.67 bits per heavy atom. The molecule has 0 aromatic carbocycles. The van der Waals surface area contributed by atoms with Gasteiger partial charge >= 0.3 is 67.8 Å². The summed E-state index contributed by atoms with van der Waals surface area (Å²) in [6, 6.07) is 0. The third-order valence-electron chi connectivity index (χ3n) is 0.652. The summed E-state index contributed by atoms with van der Waals surface area (Å²) in [6.45, 7) is 0. The second-order valence-corrected chi connectivity index (χ2v) is 4.56. The summed E-state index contributed by atoms with van der Waals surface area (Å²) in [4.78, 5) is 0. The van der Waals surface area contributed by atoms with E-state index in [0.29, 0.717) is 5.82 Å². The van der Waals surface area contributed by atoms with Gasteiger partial charge in [0.15, 0.2) is 0 Å². The maximum atomic E-state index is 3.69. The molecule has 6 heteroatoms. The monoisotopic (exact) mass is 256 g/mol. The van der Waals surface area contributed by atoms with Gasteiger partial charge in [0, 0.05) is 0 Å². The number of rotatable bonds is 2. The molecule has 0 amide bonds. The number of nitrogens with one attached hydrogen (secondary N) is 2. The molecule has 0 unspecified atom stereocenters. The number of hydrogen-bond acceptors (Lipinski definition) is 3. The quantitative estimate of drug-likeness (QED) is 0.623. The number of aromatic nitrogens is 3. The Morgan fingerprint density at radius 3 is 3.11 bits per heavy atom. The fourth-order valence-electron chi connectivity index (χ4n) is 0.372. The molecule has 9 heavy (non-hydrogen) atoms. The van der Waals surface area contributed by atoms with Crippen molar-refractivity contribution in [1.29, 1.82) is 0 Å². The van der Waals surface area contributed by atoms with Crippen molar-refractivity contribution in [1.82, 2.24) is 15.4 Å². The molecule has 0 aliphatic heterocycles. The summed E-state index contributed by atoms with van der Waals surface area (Å²) < 4.78 is 0.913. The topological polar surface area (TPSA) is 53.6 Å². The molecule has 0 bridgehead atoms. The van der Waals surface area contributed by atoms with Gasteiger partial charge in [0.05, 0.1) is 0 Å². The van der Waals surface area contributed by atoms with E-state index in [1.54, 1.807) is 6.20 Å². The molecule has 0 atom stereocenters. The first-order valence-electron chi connectivity index (χ1n) is 2.15. The number of aromatic amines is 1. The summed E-state index contributed by atoms with van der Waals surface area (Å²) in [5.41, 5.74) is 0. The Labute approximate surface area is 68.0 Å². The summed E-state index contributed by atoms with van der Waals surface area (Å²) in [7, 11) is 0. The molecule has 0 aliphatic rings. The Morgan fingerprint density at radius 1 is 1.89 bits per heavy atom. The minimum atomic E-state index is 0.712. The van der Waals surface area contributed by atoms with Gasteiger partial charge in [-0.1, -0.05) is 0 Å². The van der Waals surface area contributed by atoms with Gasteiger partial charge in [-0.05, 0) is 0 Å². The van der Waals surface area contributed by atoms with Crippen molar-refractivity contribution in [3.8, 4) is 0 Å². The van der Waals surface area contributed by atoms with E-state index >= 15 is 0 Å². The minimum absolute atomic E-state index is 0.712. The molecule has 1 aromatic heterocycles. The zero-order valence-electron chi connectivity index (χ0n) is 4.33. The molecule has 48 valence electrons. The average Bonchev–Trinajstić information content (AvgIpc) is 2.15. The van der Waals surface area contributed by atoms with Crippen LogP contribution in [-0.4, -0.2) is 50.4 Å². The van der Waals surface area contributed by atoms with Crippen LogP contribution in [0.1, 0.15) is 0 Å². The molecule has 2 N–H and O–H groups in total. The third kappa shape index (κ3) is 2.28. The normalized spacial score (nSPS) is 9.00. The molecule has 0 saturated heterocycles. The van der Waals surface area contributed by atoms with Crippen molar-refractivity contribution in [2.75, 3.05) is 5.32 Å². The molecule has 0 fully saturated rings. The van der Waals surface area contributed by atoms with Gasteiger partial charge in [-0.3, -0.25) is 0 Å². The van der Waals surface area contributed by atoms with Crippen LogP contribution in [-0.2, 0) is 0 Å². The Balaban J connectivity index is 2.58. The van der Waals surface area contributed by atoms with Crippen molar-refractivity contribution in [2.45, 2.75) is 0 Å². The second-order valence-electron chi connectivity index (χ2n) is 1.29. The Hall–Kier alpha value is -0.151. The predicted molar refractivity (Wildman–Crippen MR) is 37.9 cm³/mol. The second kappa shape index (κ2) is 3.13. The van der Waals surface area contributed by atoms with E-state index in [1.807, 2.05) is 0 Å². The molecule has 0 saturated carbocycles. The number of hydrogen-bond donors (Lipinski definition) is 2. The van der Waals surface area contributed by atoms with Gasteiger partial charge < -0.3 is 0 Å². The fraction of sp³-hybridized carbons (Fsp3) is 0. The Kier molecular flexibility index (Phi) is 2.42. The zero-order valence-corrected chi connectivity index (χ0v) is 7.92. The van der Waals surface area contributed by atoms with Crippen LogP contribution in [0.25, 0.3) is 0 Å². The van der Waals surface area contributed by atoms with Gasteiger partial charge in [-0.25, -0.2) is 0 Å². The predicted octanol–water partition coefficient (Wildman–Crippen LogP) is -1.63. The van der Waals surface area contributed by atoms with E-state index in [9.17, 15) is 0 Å². The van der Waals surface area contributed by atoms with Crippen molar-refractivity contribution >= 4 is 40.8 Å². The van der Waals surface area contributed by atoms with Crippen molar-refractivity contribution in [3.05, 3.63) is 6.20 Å². The number of H-pyrrole nitrogens is 1. The van der Waals surface area contributed by atoms with Crippen LogP contribution in [0.2, 0.25) is 0 Å². The number of anilines is 1. The molecular weight excluding hydrogens is 250 g/mol. The van der Waals surface area contributed by atoms with E-state index < -0.39 is 0 Å². The van der Waals surface area contributed by atoms with Gasteiger partial charge in [-0.2, -0.15) is 0 Å². The summed E-state index contributed by atoms with van der Waals surface area (Å²) in [5.74, 6) is 0.712. The average molecular weight is 254 g/mol. The van der Waals surface area contributed by atoms with Crippen LogP contribution in [0.4, 0.5) is 5.82 Å². The zero-order chi connectivity index (χ0) is 6.69. The SMILES string of the molecule is [Se]=C([SeH])Nc1c[nH]nn1. The van der Waals surface area contributed by atoms with Gasteiger partial charge in [0.2, 0.25) is 0 Å². The van der Waals surface area contributed by atoms with Gasteiger partial charge in [-0.15, -0.1) is 0 Å². The van der Waals surface area contributed by atoms with Crippen molar-refractivity contribution in [3.63, 3.8) is 0 Å². The van der Waals surface area contributed by atoms with Gasteiger partial charge in [0.1, 0.15) is 0 Å². The van der Waals surface area contributed by atoms with E-state index in [0.717, 1.165) is 3.44 Å². The molecule has 0 aliphatic carbocycles. The van der Waals surface area contributed by atoms with Crippen LogP contribution < -0.4 is 5.32 Å². The van der Waals surface area contributed by atoms with Crippen LogP contribution in [0.15, 0.2) is 6.20 Å². The van der Waals surface area contributed by atoms with E-state index in [2.05, 4.69) is 52.3 Å². The fourth-order valence-corrected chi connectivity index (χ4v) is 0.832. The van der Waals surface area contributed by atoms with E-state index in [4.69, 9.17) is 0 Å². The van der Waals surface area contributed by atoms with Crippen LogP contribution in [0, 0.1) is 0 Å². The molecule has 0 spiro atoms. The molecule has 1 aromatic rings. The molecular formula is C3H4N4Se2. The van der Waals surface area contributed by atoms with E-state index in [-0.39, 0.29) is 0 Å². The molecule has 1 heterocycles. The summed E-state index contributed by atoms with van der Waals surface area (Å²) in [5, 5.41) is 12.7. The summed E-state index contributed by atoms with van der Waals surface area (Å²) in [6.07, 6.45) is 1.67. The van der Waals surface area contributed by atoms with Crippen LogP contribution >= 0.6 is 0 Å². The van der Waals surface area contributed by atoms with Crippen LogP contribution in [0.3, 0.4) is 0 Å². The first-order chi connectivity index (χ1) is 4.29. The molecule has 4 nitrogen and oxygen atoms in total. The Bertz CT molecular complexity index is 194. The molecule has 1 rings (SSSR count). The van der Waals surface area contributed by atoms with Crippen LogP contribution in [0.5, 0.6) is 0 Å². The van der Waals surface area contributed by atoms with Gasteiger partial charge in [0.25, 0.3) is 0 Å². The maximum absolute atomic E-state index is 3.69. The standard InChI is InChI=1S/C3H4N4Se2/c8-3(9)5-2-1-4-7-6-2/h1H,(H3,4,5,6,7,8,9). The van der Waals surface area contributed by atoms with Crippen molar-refractivity contribution < 1.29 is 0 Å². The van der Waals surface area contributed by atoms with Crippen molar-refractivity contribution in [2.24, 2.45) is 0 Å². The number of nitrogens with zero attached hydrogens (tertiary/aromatic N) is 2. The first-order valence-corrected chi connectivity index (χ1v) is 3.95. The first kappa shape index (κ1) is 6.96.